The van der Waals surface area contributed by atoms with Crippen LogP contribution in [0.2, 0.25) is 0 Å². The van der Waals surface area contributed by atoms with Gasteiger partial charge < -0.3 is 14.6 Å². The topological polar surface area (TPSA) is 63.3 Å². The maximum atomic E-state index is 13.5. The van der Waals surface area contributed by atoms with Crippen molar-refractivity contribution in [2.24, 2.45) is 5.41 Å². The predicted octanol–water partition coefficient (Wildman–Crippen LogP) is 3.66. The fraction of sp³-hybridized carbons (Fsp3) is 0.391. The normalized spacial score (nSPS) is 18.4. The number of nitrogens with one attached hydrogen (secondary N) is 1. The Morgan fingerprint density at radius 1 is 1.10 bits per heavy atom. The lowest BCUT2D eigenvalue weighted by Crippen LogP contribution is -2.44. The molecule has 6 heteroatoms. The van der Waals surface area contributed by atoms with E-state index in [2.05, 4.69) is 5.32 Å². The molecule has 29 heavy (non-hydrogen) atoms. The summed E-state index contributed by atoms with van der Waals surface area (Å²) < 4.78 is 7.59. The van der Waals surface area contributed by atoms with Gasteiger partial charge in [0.1, 0.15) is 11.5 Å². The number of aryl methyl sites for hydroxylation is 1. The van der Waals surface area contributed by atoms with Crippen molar-refractivity contribution in [3.05, 3.63) is 60.0 Å². The first-order valence-electron chi connectivity index (χ1n) is 10.4. The van der Waals surface area contributed by atoms with Crippen molar-refractivity contribution in [2.45, 2.75) is 26.2 Å². The molecule has 2 fully saturated rings. The molecule has 6 nitrogen and oxygen atoms in total. The van der Waals surface area contributed by atoms with E-state index in [0.717, 1.165) is 50.5 Å². The first-order valence-corrected chi connectivity index (χ1v) is 10.4. The van der Waals surface area contributed by atoms with E-state index in [9.17, 15) is 4.79 Å². The van der Waals surface area contributed by atoms with Crippen LogP contribution in [0.5, 0.6) is 0 Å². The quantitative estimate of drug-likeness (QED) is 0.741. The molecule has 0 bridgehead atoms. The Labute approximate surface area is 170 Å². The Balaban J connectivity index is 1.46. The van der Waals surface area contributed by atoms with Crippen LogP contribution in [0.3, 0.4) is 0 Å². The molecule has 2 saturated heterocycles. The summed E-state index contributed by atoms with van der Waals surface area (Å²) in [6, 6.07) is 13.7. The summed E-state index contributed by atoms with van der Waals surface area (Å²) in [6.45, 7) is 5.68. The first-order chi connectivity index (χ1) is 14.1. The van der Waals surface area contributed by atoms with E-state index in [1.807, 2.05) is 60.5 Å². The van der Waals surface area contributed by atoms with Gasteiger partial charge in [-0.25, -0.2) is 4.68 Å². The third-order valence-corrected chi connectivity index (χ3v) is 6.38. The van der Waals surface area contributed by atoms with Gasteiger partial charge in [-0.15, -0.1) is 0 Å². The minimum absolute atomic E-state index is 0.0389. The summed E-state index contributed by atoms with van der Waals surface area (Å²) in [4.78, 5) is 15.4. The number of furan rings is 1. The molecule has 1 N–H and O–H groups in total. The Hall–Kier alpha value is -2.86. The molecular weight excluding hydrogens is 364 g/mol. The number of carbonyl (C=O) groups excluding carboxylic acids is 1. The third kappa shape index (κ3) is 3.38. The second-order valence-electron chi connectivity index (χ2n) is 8.30. The number of nitrogens with zero attached hydrogens (tertiary/aromatic N) is 3. The van der Waals surface area contributed by atoms with Crippen LogP contribution < -0.4 is 5.32 Å². The number of aromatic nitrogens is 2. The minimum Gasteiger partial charge on any atom is -0.460 e. The van der Waals surface area contributed by atoms with Gasteiger partial charge in [0.15, 0.2) is 5.76 Å². The van der Waals surface area contributed by atoms with Gasteiger partial charge in [0.05, 0.1) is 11.3 Å². The van der Waals surface area contributed by atoms with Crippen molar-refractivity contribution in [1.29, 1.82) is 0 Å². The number of rotatable bonds is 3. The number of hydrogen-bond acceptors (Lipinski definition) is 4. The van der Waals surface area contributed by atoms with Crippen molar-refractivity contribution >= 4 is 5.91 Å². The average Bonchev–Trinajstić information content (AvgIpc) is 3.49. The number of piperidine rings is 1. The van der Waals surface area contributed by atoms with Crippen molar-refractivity contribution in [2.75, 3.05) is 26.2 Å². The van der Waals surface area contributed by atoms with Crippen molar-refractivity contribution < 1.29 is 9.21 Å². The Morgan fingerprint density at radius 3 is 2.55 bits per heavy atom. The largest absolute Gasteiger partial charge is 0.460 e. The number of hydrogen-bond donors (Lipinski definition) is 1. The fourth-order valence-corrected chi connectivity index (χ4v) is 4.56. The molecule has 1 amide bonds. The molecule has 3 aromatic rings. The highest BCUT2D eigenvalue weighted by Crippen LogP contribution is 2.37. The standard InChI is InChI=1S/C23H26N4O2/c1-17-7-8-20(29-17)21-19(15-27(25-21)18-5-3-2-4-6-18)22(28)26-13-10-23(11-14-26)9-12-24-16-23/h2-8,15,24H,9-14,16H2,1H3. The molecule has 1 aromatic carbocycles. The lowest BCUT2D eigenvalue weighted by atomic mass is 9.78. The number of amides is 1. The summed E-state index contributed by atoms with van der Waals surface area (Å²) in [5.41, 5.74) is 2.51. The molecule has 1 spiro atoms. The van der Waals surface area contributed by atoms with E-state index >= 15 is 0 Å². The maximum absolute atomic E-state index is 13.5. The lowest BCUT2D eigenvalue weighted by Gasteiger charge is -2.38. The molecule has 2 aromatic heterocycles. The lowest BCUT2D eigenvalue weighted by molar-refractivity contribution is 0.0608. The van der Waals surface area contributed by atoms with Crippen molar-refractivity contribution in [3.63, 3.8) is 0 Å². The highest BCUT2D eigenvalue weighted by atomic mass is 16.3. The van der Waals surface area contributed by atoms with Crippen LogP contribution in [0.25, 0.3) is 17.1 Å². The number of likely N-dealkylation sites (tertiary alicyclic amines) is 1. The van der Waals surface area contributed by atoms with E-state index < -0.39 is 0 Å². The molecule has 0 radical (unpaired) electrons. The van der Waals surface area contributed by atoms with Crippen LogP contribution in [0.1, 0.15) is 35.4 Å². The van der Waals surface area contributed by atoms with Crippen molar-refractivity contribution in [3.8, 4) is 17.1 Å². The minimum atomic E-state index is 0.0389. The number of benzene rings is 1. The number of para-hydroxylation sites is 1. The van der Waals surface area contributed by atoms with Gasteiger partial charge in [-0.2, -0.15) is 5.10 Å². The van der Waals surface area contributed by atoms with Gasteiger partial charge in [-0.05, 0) is 62.4 Å². The van der Waals surface area contributed by atoms with Crippen LogP contribution in [0, 0.1) is 12.3 Å². The zero-order valence-electron chi connectivity index (χ0n) is 16.7. The first kappa shape index (κ1) is 18.2. The molecule has 4 heterocycles. The summed E-state index contributed by atoms with van der Waals surface area (Å²) in [5.74, 6) is 1.48. The maximum Gasteiger partial charge on any atom is 0.257 e. The molecule has 2 aliphatic rings. The van der Waals surface area contributed by atoms with E-state index in [1.165, 1.54) is 6.42 Å². The van der Waals surface area contributed by atoms with Crippen LogP contribution in [0.15, 0.2) is 53.1 Å². The van der Waals surface area contributed by atoms with Crippen LogP contribution >= 0.6 is 0 Å². The SMILES string of the molecule is Cc1ccc(-c2nn(-c3ccccc3)cc2C(=O)N2CCC3(CCNC3)CC2)o1. The smallest absolute Gasteiger partial charge is 0.257 e. The zero-order chi connectivity index (χ0) is 19.8. The Morgan fingerprint density at radius 2 is 1.90 bits per heavy atom. The van der Waals surface area contributed by atoms with Crippen molar-refractivity contribution in [1.82, 2.24) is 20.0 Å². The number of carbonyl (C=O) groups is 1. The van der Waals surface area contributed by atoms with E-state index in [4.69, 9.17) is 9.52 Å². The molecule has 150 valence electrons. The average molecular weight is 390 g/mol. The van der Waals surface area contributed by atoms with E-state index in [-0.39, 0.29) is 5.91 Å². The highest BCUT2D eigenvalue weighted by Gasteiger charge is 2.39. The molecule has 0 unspecified atom stereocenters. The molecule has 0 atom stereocenters. The fourth-order valence-electron chi connectivity index (χ4n) is 4.56. The summed E-state index contributed by atoms with van der Waals surface area (Å²) >= 11 is 0. The molecule has 5 rings (SSSR count). The molecular formula is C23H26N4O2. The second-order valence-corrected chi connectivity index (χ2v) is 8.30. The van der Waals surface area contributed by atoms with Gasteiger partial charge in [-0.3, -0.25) is 4.79 Å². The zero-order valence-corrected chi connectivity index (χ0v) is 16.7. The summed E-state index contributed by atoms with van der Waals surface area (Å²) in [5, 5.41) is 8.20. The van der Waals surface area contributed by atoms with Gasteiger partial charge in [0.25, 0.3) is 5.91 Å². The predicted molar refractivity (Wildman–Crippen MR) is 111 cm³/mol. The second kappa shape index (κ2) is 7.19. The van der Waals surface area contributed by atoms with Crippen LogP contribution in [0.4, 0.5) is 0 Å². The summed E-state index contributed by atoms with van der Waals surface area (Å²) in [7, 11) is 0. The third-order valence-electron chi connectivity index (χ3n) is 6.38. The van der Waals surface area contributed by atoms with E-state index in [0.29, 0.717) is 22.4 Å². The molecule has 0 aliphatic carbocycles. The molecule has 0 saturated carbocycles. The van der Waals surface area contributed by atoms with Gasteiger partial charge >= 0.3 is 0 Å². The van der Waals surface area contributed by atoms with Crippen LogP contribution in [-0.4, -0.2) is 46.8 Å². The van der Waals surface area contributed by atoms with Gasteiger partial charge in [0, 0.05) is 25.8 Å². The van der Waals surface area contributed by atoms with E-state index in [1.54, 1.807) is 4.68 Å². The Kier molecular flexibility index (Phi) is 4.51. The van der Waals surface area contributed by atoms with Gasteiger partial charge in [0.2, 0.25) is 0 Å². The highest BCUT2D eigenvalue weighted by molar-refractivity contribution is 5.99. The Bertz CT molecular complexity index is 1000. The summed E-state index contributed by atoms with van der Waals surface area (Å²) in [6.07, 6.45) is 5.19. The monoisotopic (exact) mass is 390 g/mol. The van der Waals surface area contributed by atoms with Gasteiger partial charge in [-0.1, -0.05) is 18.2 Å². The van der Waals surface area contributed by atoms with Crippen LogP contribution in [-0.2, 0) is 0 Å². The molecule has 2 aliphatic heterocycles.